The number of hydrogen-bond donors (Lipinski definition) is 2. The van der Waals surface area contributed by atoms with Crippen LogP contribution in [0, 0.1) is 11.3 Å². The lowest BCUT2D eigenvalue weighted by Gasteiger charge is -2.26. The van der Waals surface area contributed by atoms with Gasteiger partial charge in [0.05, 0.1) is 6.61 Å². The topological polar surface area (TPSA) is 72.0 Å². The Kier molecular flexibility index (Phi) is 3.86. The van der Waals surface area contributed by atoms with E-state index in [0.717, 1.165) is 24.8 Å². The molecule has 1 atom stereocenters. The first-order chi connectivity index (χ1) is 10.2. The van der Waals surface area contributed by atoms with Crippen LogP contribution in [0.5, 0.6) is 0 Å². The Bertz CT molecular complexity index is 640. The fourth-order valence-corrected chi connectivity index (χ4v) is 3.00. The molecule has 1 aliphatic rings. The third-order valence-corrected chi connectivity index (χ3v) is 4.03. The van der Waals surface area contributed by atoms with Crippen molar-refractivity contribution < 1.29 is 4.74 Å². The molecule has 3 rings (SSSR count). The fraction of sp³-hybridized carbons (Fsp3) is 0.294. The molecule has 1 aromatic carbocycles. The summed E-state index contributed by atoms with van der Waals surface area (Å²) >= 11 is 0. The number of benzene rings is 1. The van der Waals surface area contributed by atoms with Crippen molar-refractivity contribution in [2.45, 2.75) is 19.3 Å². The number of amidine groups is 1. The summed E-state index contributed by atoms with van der Waals surface area (Å²) in [6.45, 7) is 0.524. The first-order valence-corrected chi connectivity index (χ1v) is 7.22. The molecule has 0 bridgehead atoms. The van der Waals surface area contributed by atoms with Crippen LogP contribution in [0.15, 0.2) is 42.7 Å². The molecule has 0 fully saturated rings. The largest absolute Gasteiger partial charge is 0.465 e. The summed E-state index contributed by atoms with van der Waals surface area (Å²) in [5, 5.41) is 7.18. The quantitative estimate of drug-likeness (QED) is 0.671. The maximum absolute atomic E-state index is 7.18. The van der Waals surface area contributed by atoms with Crippen LogP contribution in [0.4, 0.5) is 0 Å². The van der Waals surface area contributed by atoms with Gasteiger partial charge in [-0.3, -0.25) is 10.4 Å². The average Bonchev–Trinajstić information content (AvgIpc) is 2.53. The zero-order chi connectivity index (χ0) is 14.7. The van der Waals surface area contributed by atoms with E-state index in [1.807, 2.05) is 12.3 Å². The van der Waals surface area contributed by atoms with Crippen molar-refractivity contribution in [3.05, 3.63) is 53.9 Å². The fourth-order valence-electron chi connectivity index (χ4n) is 3.00. The van der Waals surface area contributed by atoms with Gasteiger partial charge in [0.1, 0.15) is 0 Å². The van der Waals surface area contributed by atoms with Gasteiger partial charge in [0.25, 0.3) is 6.02 Å². The van der Waals surface area contributed by atoms with Gasteiger partial charge in [0.15, 0.2) is 0 Å². The first-order valence-electron chi connectivity index (χ1n) is 7.22. The molecule has 0 amide bonds. The highest BCUT2D eigenvalue weighted by atomic mass is 16.5. The highest BCUT2D eigenvalue weighted by Gasteiger charge is 2.22. The van der Waals surface area contributed by atoms with Crippen LogP contribution >= 0.6 is 0 Å². The smallest absolute Gasteiger partial charge is 0.279 e. The number of aryl methyl sites for hydroxylation is 1. The van der Waals surface area contributed by atoms with Crippen molar-refractivity contribution in [2.75, 3.05) is 6.61 Å². The molecule has 1 aliphatic carbocycles. The summed E-state index contributed by atoms with van der Waals surface area (Å²) in [4.78, 5) is 4.22. The predicted octanol–water partition coefficient (Wildman–Crippen LogP) is 2.76. The van der Waals surface area contributed by atoms with E-state index in [4.69, 9.17) is 15.9 Å². The molecule has 0 saturated heterocycles. The molecule has 1 heterocycles. The number of fused-ring (bicyclic) bond motifs is 1. The summed E-state index contributed by atoms with van der Waals surface area (Å²) in [5.41, 5.74) is 10.5. The number of nitrogens with zero attached hydrogens (tertiary/aromatic N) is 1. The molecule has 2 aromatic rings. The molecule has 1 unspecified atom stereocenters. The second kappa shape index (κ2) is 5.95. The Morgan fingerprint density at radius 2 is 2.24 bits per heavy atom. The highest BCUT2D eigenvalue weighted by Crippen LogP contribution is 2.33. The molecule has 4 nitrogen and oxygen atoms in total. The minimum absolute atomic E-state index is 0.193. The van der Waals surface area contributed by atoms with E-state index >= 15 is 0 Å². The van der Waals surface area contributed by atoms with Gasteiger partial charge in [0.2, 0.25) is 0 Å². The molecule has 0 aliphatic heterocycles. The number of nitrogens with two attached hydrogens (primary N) is 1. The maximum atomic E-state index is 7.18. The summed E-state index contributed by atoms with van der Waals surface area (Å²) < 4.78 is 5.19. The van der Waals surface area contributed by atoms with Crippen LogP contribution < -0.4 is 5.73 Å². The van der Waals surface area contributed by atoms with Gasteiger partial charge in [-0.1, -0.05) is 24.3 Å². The lowest BCUT2D eigenvalue weighted by atomic mass is 9.81. The van der Waals surface area contributed by atoms with E-state index in [2.05, 4.69) is 29.2 Å². The van der Waals surface area contributed by atoms with E-state index in [9.17, 15) is 0 Å². The monoisotopic (exact) mass is 281 g/mol. The predicted molar refractivity (Wildman–Crippen MR) is 83.1 cm³/mol. The normalized spacial score (nSPS) is 17.0. The van der Waals surface area contributed by atoms with E-state index in [0.29, 0.717) is 12.5 Å². The molecular formula is C17H19N3O. The molecule has 0 spiro atoms. The van der Waals surface area contributed by atoms with Crippen LogP contribution in [0.1, 0.15) is 17.5 Å². The Hall–Kier alpha value is -2.36. The molecule has 1 aromatic heterocycles. The summed E-state index contributed by atoms with van der Waals surface area (Å²) in [5.74, 6) is 0.416. The molecule has 108 valence electrons. The zero-order valence-electron chi connectivity index (χ0n) is 11.9. The molecule has 0 radical (unpaired) electrons. The van der Waals surface area contributed by atoms with Crippen LogP contribution in [0.2, 0.25) is 0 Å². The molecule has 4 heteroatoms. The van der Waals surface area contributed by atoms with Crippen molar-refractivity contribution >= 4 is 6.02 Å². The first kappa shape index (κ1) is 13.6. The van der Waals surface area contributed by atoms with Crippen LogP contribution in [-0.4, -0.2) is 17.6 Å². The average molecular weight is 281 g/mol. The van der Waals surface area contributed by atoms with E-state index in [1.165, 1.54) is 16.7 Å². The molecule has 0 saturated carbocycles. The van der Waals surface area contributed by atoms with Crippen molar-refractivity contribution in [1.82, 2.24) is 4.98 Å². The number of aromatic nitrogens is 1. The van der Waals surface area contributed by atoms with Crippen LogP contribution in [-0.2, 0) is 17.6 Å². The summed E-state index contributed by atoms with van der Waals surface area (Å²) in [7, 11) is 0. The highest BCUT2D eigenvalue weighted by molar-refractivity contribution is 5.69. The van der Waals surface area contributed by atoms with Crippen LogP contribution in [0.25, 0.3) is 11.1 Å². The third kappa shape index (κ3) is 3.05. The van der Waals surface area contributed by atoms with Gasteiger partial charge < -0.3 is 10.5 Å². The van der Waals surface area contributed by atoms with Gasteiger partial charge in [-0.2, -0.15) is 0 Å². The van der Waals surface area contributed by atoms with E-state index < -0.39 is 0 Å². The van der Waals surface area contributed by atoms with E-state index in [-0.39, 0.29) is 6.02 Å². The van der Waals surface area contributed by atoms with Gasteiger partial charge >= 0.3 is 0 Å². The standard InChI is InChI=1S/C17H19N3O/c18-17(19)21-11-12-6-7-13-3-1-5-15(16(13)9-12)14-4-2-8-20-10-14/h1-5,8,10,12H,6-7,9,11H2,(H3,18,19). The van der Waals surface area contributed by atoms with Crippen molar-refractivity contribution in [3.8, 4) is 11.1 Å². The number of rotatable bonds is 3. The third-order valence-electron chi connectivity index (χ3n) is 4.03. The zero-order valence-corrected chi connectivity index (χ0v) is 11.9. The Morgan fingerprint density at radius 1 is 1.33 bits per heavy atom. The Labute approximate surface area is 124 Å². The van der Waals surface area contributed by atoms with Crippen molar-refractivity contribution in [3.63, 3.8) is 0 Å². The minimum atomic E-state index is -0.193. The SMILES string of the molecule is N=C(N)OCC1CCc2cccc(-c3cccnc3)c2C1. The van der Waals surface area contributed by atoms with Crippen molar-refractivity contribution in [2.24, 2.45) is 11.7 Å². The van der Waals surface area contributed by atoms with Gasteiger partial charge in [-0.05, 0) is 47.9 Å². The van der Waals surface area contributed by atoms with Gasteiger partial charge in [-0.15, -0.1) is 0 Å². The summed E-state index contributed by atoms with van der Waals surface area (Å²) in [6, 6.07) is 10.3. The van der Waals surface area contributed by atoms with Gasteiger partial charge in [0, 0.05) is 18.0 Å². The molecular weight excluding hydrogens is 262 g/mol. The Morgan fingerprint density at radius 3 is 3.00 bits per heavy atom. The number of hydrogen-bond acceptors (Lipinski definition) is 3. The lowest BCUT2D eigenvalue weighted by molar-refractivity contribution is 0.218. The second-order valence-corrected chi connectivity index (χ2v) is 5.47. The number of nitrogens with one attached hydrogen (secondary N) is 1. The van der Waals surface area contributed by atoms with Crippen LogP contribution in [0.3, 0.4) is 0 Å². The van der Waals surface area contributed by atoms with Crippen molar-refractivity contribution in [1.29, 1.82) is 5.41 Å². The summed E-state index contributed by atoms with van der Waals surface area (Å²) in [6.07, 6.45) is 6.80. The minimum Gasteiger partial charge on any atom is -0.465 e. The molecule has 3 N–H and O–H groups in total. The van der Waals surface area contributed by atoms with E-state index in [1.54, 1.807) is 6.20 Å². The molecule has 21 heavy (non-hydrogen) atoms. The Balaban J connectivity index is 1.88. The lowest BCUT2D eigenvalue weighted by Crippen LogP contribution is -2.24. The number of ether oxygens (including phenoxy) is 1. The van der Waals surface area contributed by atoms with Gasteiger partial charge in [-0.25, -0.2) is 0 Å². The maximum Gasteiger partial charge on any atom is 0.279 e. The number of pyridine rings is 1. The second-order valence-electron chi connectivity index (χ2n) is 5.47.